The average Bonchev–Trinajstić information content (AvgIpc) is 3.28. The zero-order valence-corrected chi connectivity index (χ0v) is 22.3. The summed E-state index contributed by atoms with van der Waals surface area (Å²) in [5, 5.41) is 34.6. The number of aliphatic hydroxyl groups is 3. The summed E-state index contributed by atoms with van der Waals surface area (Å²) >= 11 is 1.57. The minimum atomic E-state index is -1.11. The number of ketones is 1. The van der Waals surface area contributed by atoms with Crippen molar-refractivity contribution in [3.8, 4) is 0 Å². The Labute approximate surface area is 207 Å². The smallest absolute Gasteiger partial charge is 0.146 e. The number of rotatable bonds is 14. The van der Waals surface area contributed by atoms with Crippen molar-refractivity contribution in [2.75, 3.05) is 0 Å². The lowest BCUT2D eigenvalue weighted by molar-refractivity contribution is -0.142. The summed E-state index contributed by atoms with van der Waals surface area (Å²) in [5.41, 5.74) is 0.131. The van der Waals surface area contributed by atoms with Crippen LogP contribution in [0.1, 0.15) is 77.9 Å². The zero-order valence-electron chi connectivity index (χ0n) is 21.4. The zero-order chi connectivity index (χ0) is 25.8. The van der Waals surface area contributed by atoms with Gasteiger partial charge in [-0.15, -0.1) is 11.3 Å². The number of carbonyl (C=O) groups excluding carboxylic acids is 2. The first-order valence-electron chi connectivity index (χ1n) is 12.0. The molecule has 7 nitrogen and oxygen atoms in total. The van der Waals surface area contributed by atoms with E-state index in [1.165, 1.54) is 0 Å². The number of Topliss-reactive ketones (excluding diaryl/α,β-unsaturated/α-hetero) is 1. The van der Waals surface area contributed by atoms with Crippen LogP contribution in [0.4, 0.5) is 0 Å². The first-order chi connectivity index (χ1) is 15.7. The van der Waals surface area contributed by atoms with Gasteiger partial charge in [0.1, 0.15) is 24.3 Å². The molecule has 34 heavy (non-hydrogen) atoms. The molecule has 1 fully saturated rings. The number of aromatic nitrogens is 1. The number of nitrogens with zero attached hydrogens (tertiary/aromatic N) is 1. The van der Waals surface area contributed by atoms with Crippen LogP contribution in [0.2, 0.25) is 0 Å². The van der Waals surface area contributed by atoms with E-state index in [1.54, 1.807) is 32.1 Å². The van der Waals surface area contributed by atoms with Gasteiger partial charge < -0.3 is 24.9 Å². The summed E-state index contributed by atoms with van der Waals surface area (Å²) in [5.74, 6) is -1.03. The monoisotopic (exact) mass is 495 g/mol. The molecule has 7 unspecified atom stereocenters. The minimum absolute atomic E-state index is 0.110. The number of ether oxygens (including phenoxy) is 1. The Morgan fingerprint density at radius 1 is 1.32 bits per heavy atom. The molecule has 2 rings (SSSR count). The predicted octanol–water partition coefficient (Wildman–Crippen LogP) is 3.72. The first-order valence-corrected chi connectivity index (χ1v) is 12.9. The normalized spacial score (nSPS) is 25.4. The SMILES string of the molecule is C/C(=C\c1csc(C)n1)C(O)C1OC1(C)CCCC(C)C(O)C(C)C(=O)C(C)(C)C(O)CC=O. The third-order valence-corrected chi connectivity index (χ3v) is 8.13. The fourth-order valence-electron chi connectivity index (χ4n) is 4.59. The molecule has 0 spiro atoms. The number of aldehydes is 1. The summed E-state index contributed by atoms with van der Waals surface area (Å²) in [7, 11) is 0. The maximum Gasteiger partial charge on any atom is 0.146 e. The van der Waals surface area contributed by atoms with Gasteiger partial charge in [0.15, 0.2) is 0 Å². The Kier molecular flexibility index (Phi) is 9.76. The van der Waals surface area contributed by atoms with Crippen LogP contribution >= 0.6 is 11.3 Å². The Hall–Kier alpha value is -1.45. The summed E-state index contributed by atoms with van der Waals surface area (Å²) in [6, 6.07) is 0. The lowest BCUT2D eigenvalue weighted by Crippen LogP contribution is -2.44. The molecule has 2 heterocycles. The summed E-state index contributed by atoms with van der Waals surface area (Å²) in [4.78, 5) is 28.0. The van der Waals surface area contributed by atoms with Crippen LogP contribution < -0.4 is 0 Å². The molecule has 1 aliphatic heterocycles. The first kappa shape index (κ1) is 28.8. The van der Waals surface area contributed by atoms with Crippen molar-refractivity contribution in [3.63, 3.8) is 0 Å². The van der Waals surface area contributed by atoms with Gasteiger partial charge >= 0.3 is 0 Å². The van der Waals surface area contributed by atoms with Crippen LogP contribution in [0.15, 0.2) is 11.0 Å². The fraction of sp³-hybridized carbons (Fsp3) is 0.731. The number of aliphatic hydroxyl groups excluding tert-OH is 3. The number of thiazole rings is 1. The highest BCUT2D eigenvalue weighted by Crippen LogP contribution is 2.44. The molecule has 0 aromatic carbocycles. The molecule has 0 bridgehead atoms. The number of epoxide rings is 1. The van der Waals surface area contributed by atoms with Crippen molar-refractivity contribution in [2.45, 2.75) is 104 Å². The van der Waals surface area contributed by atoms with E-state index >= 15 is 0 Å². The van der Waals surface area contributed by atoms with Crippen molar-refractivity contribution in [1.82, 2.24) is 4.98 Å². The van der Waals surface area contributed by atoms with Crippen molar-refractivity contribution >= 4 is 29.5 Å². The van der Waals surface area contributed by atoms with Gasteiger partial charge in [0, 0.05) is 17.7 Å². The topological polar surface area (TPSA) is 120 Å². The molecular weight excluding hydrogens is 454 g/mol. The van der Waals surface area contributed by atoms with Crippen molar-refractivity contribution in [3.05, 3.63) is 21.7 Å². The highest BCUT2D eigenvalue weighted by Gasteiger charge is 2.55. The summed E-state index contributed by atoms with van der Waals surface area (Å²) in [6.07, 6.45) is 1.70. The van der Waals surface area contributed by atoms with E-state index in [9.17, 15) is 24.9 Å². The van der Waals surface area contributed by atoms with Gasteiger partial charge in [-0.1, -0.05) is 34.1 Å². The third kappa shape index (κ3) is 6.82. The van der Waals surface area contributed by atoms with Crippen molar-refractivity contribution < 1.29 is 29.6 Å². The minimum Gasteiger partial charge on any atom is -0.392 e. The number of carbonyl (C=O) groups is 2. The second-order valence-corrected chi connectivity index (χ2v) is 11.7. The molecule has 1 aromatic rings. The van der Waals surface area contributed by atoms with Crippen LogP contribution in [-0.2, 0) is 14.3 Å². The van der Waals surface area contributed by atoms with E-state index in [2.05, 4.69) is 4.98 Å². The molecule has 1 aliphatic rings. The molecule has 1 saturated heterocycles. The Balaban J connectivity index is 1.85. The second-order valence-electron chi connectivity index (χ2n) is 10.6. The van der Waals surface area contributed by atoms with E-state index < -0.39 is 35.2 Å². The lowest BCUT2D eigenvalue weighted by atomic mass is 9.73. The maximum absolute atomic E-state index is 12.9. The van der Waals surface area contributed by atoms with Gasteiger partial charge in [-0.2, -0.15) is 0 Å². The third-order valence-electron chi connectivity index (χ3n) is 7.34. The average molecular weight is 496 g/mol. The van der Waals surface area contributed by atoms with Crippen molar-refractivity contribution in [1.29, 1.82) is 0 Å². The van der Waals surface area contributed by atoms with E-state index in [1.807, 2.05) is 39.2 Å². The molecule has 192 valence electrons. The van der Waals surface area contributed by atoms with Gasteiger partial charge in [0.05, 0.1) is 33.9 Å². The second kappa shape index (κ2) is 11.5. The molecule has 0 amide bonds. The number of hydrogen-bond acceptors (Lipinski definition) is 8. The van der Waals surface area contributed by atoms with Crippen LogP contribution in [0.3, 0.4) is 0 Å². The number of hydrogen-bond donors (Lipinski definition) is 3. The maximum atomic E-state index is 12.9. The van der Waals surface area contributed by atoms with Gasteiger partial charge in [-0.25, -0.2) is 4.98 Å². The highest BCUT2D eigenvalue weighted by molar-refractivity contribution is 7.09. The molecule has 7 atom stereocenters. The van der Waals surface area contributed by atoms with Gasteiger partial charge in [0.2, 0.25) is 0 Å². The van der Waals surface area contributed by atoms with Crippen LogP contribution in [0, 0.1) is 24.2 Å². The molecule has 8 heteroatoms. The van der Waals surface area contributed by atoms with E-state index in [-0.39, 0.29) is 24.2 Å². The quantitative estimate of drug-likeness (QED) is 0.266. The molecule has 0 radical (unpaired) electrons. The molecule has 3 N–H and O–H groups in total. The Morgan fingerprint density at radius 3 is 2.53 bits per heavy atom. The largest absolute Gasteiger partial charge is 0.392 e. The van der Waals surface area contributed by atoms with Crippen LogP contribution in [0.5, 0.6) is 0 Å². The fourth-order valence-corrected chi connectivity index (χ4v) is 5.16. The standard InChI is InChI=1S/C26H41NO6S/c1-15(21(30)17(3)23(32)25(5,6)20(29)10-12-28)9-8-11-26(7)24(33-26)22(31)16(2)13-19-14-34-18(4)27-19/h12-15,17,20-22,24,29-31H,8-11H2,1-7H3/b16-13+. The Bertz CT molecular complexity index is 880. The molecule has 0 aliphatic carbocycles. The summed E-state index contributed by atoms with van der Waals surface area (Å²) < 4.78 is 5.87. The van der Waals surface area contributed by atoms with E-state index in [0.717, 1.165) is 29.1 Å². The Morgan fingerprint density at radius 2 is 1.97 bits per heavy atom. The van der Waals surface area contributed by atoms with Crippen molar-refractivity contribution in [2.24, 2.45) is 17.3 Å². The highest BCUT2D eigenvalue weighted by atomic mass is 32.1. The van der Waals surface area contributed by atoms with Gasteiger partial charge in [0.25, 0.3) is 0 Å². The number of aryl methyl sites for hydroxylation is 1. The molecular formula is C26H41NO6S. The van der Waals surface area contributed by atoms with Gasteiger partial charge in [-0.3, -0.25) is 4.79 Å². The van der Waals surface area contributed by atoms with E-state index in [4.69, 9.17) is 4.74 Å². The summed E-state index contributed by atoms with van der Waals surface area (Å²) in [6.45, 7) is 12.6. The molecule has 0 saturated carbocycles. The van der Waals surface area contributed by atoms with Crippen LogP contribution in [0.25, 0.3) is 6.08 Å². The molecule has 1 aromatic heterocycles. The van der Waals surface area contributed by atoms with Gasteiger partial charge in [-0.05, 0) is 51.2 Å². The van der Waals surface area contributed by atoms with Crippen LogP contribution in [-0.4, -0.2) is 62.4 Å². The van der Waals surface area contributed by atoms with E-state index in [0.29, 0.717) is 12.7 Å². The lowest BCUT2D eigenvalue weighted by Gasteiger charge is -2.34. The predicted molar refractivity (Wildman–Crippen MR) is 133 cm³/mol.